The van der Waals surface area contributed by atoms with E-state index in [4.69, 9.17) is 0 Å². The molecule has 1 fully saturated rings. The van der Waals surface area contributed by atoms with Crippen molar-refractivity contribution in [3.63, 3.8) is 0 Å². The first-order valence-corrected chi connectivity index (χ1v) is 5.88. The number of likely N-dealkylation sites (N-methyl/N-ethyl adjacent to an activating group) is 1. The summed E-state index contributed by atoms with van der Waals surface area (Å²) in [7, 11) is 2.03. The van der Waals surface area contributed by atoms with Gasteiger partial charge in [0.25, 0.3) is 0 Å². The third-order valence-corrected chi connectivity index (χ3v) is 3.35. The minimum Gasteiger partial charge on any atom is -0.314 e. The molecule has 0 saturated heterocycles. The lowest BCUT2D eigenvalue weighted by atomic mass is 9.94. The van der Waals surface area contributed by atoms with E-state index in [1.165, 1.54) is 24.0 Å². The van der Waals surface area contributed by atoms with Crippen LogP contribution in [-0.4, -0.2) is 12.6 Å². The fourth-order valence-electron chi connectivity index (χ4n) is 1.92. The maximum atomic E-state index is 3.34. The topological polar surface area (TPSA) is 12.0 Å². The Hall–Kier alpha value is -0.820. The van der Waals surface area contributed by atoms with Crippen molar-refractivity contribution in [1.82, 2.24) is 5.32 Å². The Morgan fingerprint density at radius 2 is 1.80 bits per heavy atom. The summed E-state index contributed by atoms with van der Waals surface area (Å²) in [6.07, 6.45) is 3.87. The molecule has 1 N–H and O–H groups in total. The molecular formula is C14H21N. The number of rotatable bonds is 4. The first kappa shape index (κ1) is 10.7. The van der Waals surface area contributed by atoms with Gasteiger partial charge in [0.1, 0.15) is 0 Å². The molecule has 1 aromatic rings. The van der Waals surface area contributed by atoms with Gasteiger partial charge in [-0.05, 0) is 57.2 Å². The normalized spacial score (nSPS) is 16.7. The SMILES string of the molecule is CNC(C)(C)Cc1ccc(C2CC2)cc1. The van der Waals surface area contributed by atoms with Crippen molar-refractivity contribution in [2.45, 2.75) is 44.6 Å². The van der Waals surface area contributed by atoms with Crippen molar-refractivity contribution in [3.8, 4) is 0 Å². The minimum atomic E-state index is 0.196. The van der Waals surface area contributed by atoms with Gasteiger partial charge in [-0.1, -0.05) is 24.3 Å². The smallest absolute Gasteiger partial charge is 0.0162 e. The summed E-state index contributed by atoms with van der Waals surface area (Å²) < 4.78 is 0. The van der Waals surface area contributed by atoms with Crippen molar-refractivity contribution < 1.29 is 0 Å². The lowest BCUT2D eigenvalue weighted by molar-refractivity contribution is 0.422. The minimum absolute atomic E-state index is 0.196. The predicted molar refractivity (Wildman–Crippen MR) is 65.3 cm³/mol. The Bertz CT molecular complexity index is 320. The summed E-state index contributed by atoms with van der Waals surface area (Å²) >= 11 is 0. The Labute approximate surface area is 92.9 Å². The van der Waals surface area contributed by atoms with Crippen LogP contribution in [-0.2, 0) is 6.42 Å². The molecule has 0 radical (unpaired) electrons. The molecule has 0 unspecified atom stereocenters. The van der Waals surface area contributed by atoms with Gasteiger partial charge in [-0.3, -0.25) is 0 Å². The van der Waals surface area contributed by atoms with Gasteiger partial charge in [-0.2, -0.15) is 0 Å². The molecule has 1 nitrogen and oxygen atoms in total. The molecule has 0 amide bonds. The van der Waals surface area contributed by atoms with Crippen LogP contribution < -0.4 is 5.32 Å². The van der Waals surface area contributed by atoms with Crippen LogP contribution in [0, 0.1) is 0 Å². The number of hydrogen-bond acceptors (Lipinski definition) is 1. The Kier molecular flexibility index (Phi) is 2.83. The first-order valence-electron chi connectivity index (χ1n) is 5.88. The van der Waals surface area contributed by atoms with Crippen LogP contribution in [0.3, 0.4) is 0 Å². The van der Waals surface area contributed by atoms with Gasteiger partial charge in [-0.25, -0.2) is 0 Å². The molecule has 82 valence electrons. The fourth-order valence-corrected chi connectivity index (χ4v) is 1.92. The highest BCUT2D eigenvalue weighted by atomic mass is 14.9. The average molecular weight is 203 g/mol. The second kappa shape index (κ2) is 3.97. The van der Waals surface area contributed by atoms with Gasteiger partial charge in [0, 0.05) is 5.54 Å². The van der Waals surface area contributed by atoms with E-state index in [1.54, 1.807) is 0 Å². The molecule has 0 aromatic heterocycles. The van der Waals surface area contributed by atoms with Crippen molar-refractivity contribution in [2.75, 3.05) is 7.05 Å². The lowest BCUT2D eigenvalue weighted by Crippen LogP contribution is -2.38. The zero-order chi connectivity index (χ0) is 10.9. The molecule has 1 aliphatic rings. The number of hydrogen-bond donors (Lipinski definition) is 1. The maximum absolute atomic E-state index is 3.34. The fraction of sp³-hybridized carbons (Fsp3) is 0.571. The highest BCUT2D eigenvalue weighted by Crippen LogP contribution is 2.39. The zero-order valence-corrected chi connectivity index (χ0v) is 10.0. The maximum Gasteiger partial charge on any atom is 0.0162 e. The molecule has 0 aliphatic heterocycles. The van der Waals surface area contributed by atoms with E-state index in [9.17, 15) is 0 Å². The zero-order valence-electron chi connectivity index (χ0n) is 10.0. The molecule has 2 rings (SSSR count). The van der Waals surface area contributed by atoms with Gasteiger partial charge in [0.05, 0.1) is 0 Å². The molecule has 0 spiro atoms. The number of benzene rings is 1. The van der Waals surface area contributed by atoms with Crippen molar-refractivity contribution in [2.24, 2.45) is 0 Å². The average Bonchev–Trinajstić information content (AvgIpc) is 3.02. The largest absolute Gasteiger partial charge is 0.314 e. The van der Waals surface area contributed by atoms with Gasteiger partial charge in [0.2, 0.25) is 0 Å². The van der Waals surface area contributed by atoms with Crippen LogP contribution in [0.5, 0.6) is 0 Å². The van der Waals surface area contributed by atoms with E-state index in [1.807, 2.05) is 7.05 Å². The summed E-state index contributed by atoms with van der Waals surface area (Å²) in [6, 6.07) is 9.18. The molecule has 0 atom stereocenters. The predicted octanol–water partition coefficient (Wildman–Crippen LogP) is 3.10. The van der Waals surface area contributed by atoms with Gasteiger partial charge in [-0.15, -0.1) is 0 Å². The van der Waals surface area contributed by atoms with Crippen LogP contribution in [0.4, 0.5) is 0 Å². The molecule has 0 heterocycles. The summed E-state index contributed by atoms with van der Waals surface area (Å²) in [5.74, 6) is 0.872. The van der Waals surface area contributed by atoms with Crippen molar-refractivity contribution >= 4 is 0 Å². The standard InChI is InChI=1S/C14H21N/c1-14(2,15-3)10-11-4-6-12(7-5-11)13-8-9-13/h4-7,13,15H,8-10H2,1-3H3. The quantitative estimate of drug-likeness (QED) is 0.793. The monoisotopic (exact) mass is 203 g/mol. The van der Waals surface area contributed by atoms with E-state index in [-0.39, 0.29) is 5.54 Å². The molecule has 1 aromatic carbocycles. The molecular weight excluding hydrogens is 182 g/mol. The molecule has 0 bridgehead atoms. The van der Waals surface area contributed by atoms with E-state index in [0.717, 1.165) is 12.3 Å². The highest BCUT2D eigenvalue weighted by Gasteiger charge is 2.23. The second-order valence-electron chi connectivity index (χ2n) is 5.33. The third kappa shape index (κ3) is 2.82. The Morgan fingerprint density at radius 1 is 1.20 bits per heavy atom. The van der Waals surface area contributed by atoms with Gasteiger partial charge < -0.3 is 5.32 Å². The summed E-state index contributed by atoms with van der Waals surface area (Å²) in [6.45, 7) is 4.48. The van der Waals surface area contributed by atoms with E-state index in [0.29, 0.717) is 0 Å². The van der Waals surface area contributed by atoms with E-state index < -0.39 is 0 Å². The molecule has 1 aliphatic carbocycles. The first-order chi connectivity index (χ1) is 7.11. The van der Waals surface area contributed by atoms with E-state index in [2.05, 4.69) is 43.4 Å². The second-order valence-corrected chi connectivity index (χ2v) is 5.33. The molecule has 1 heteroatoms. The third-order valence-electron chi connectivity index (χ3n) is 3.35. The molecule has 15 heavy (non-hydrogen) atoms. The van der Waals surface area contributed by atoms with Gasteiger partial charge in [0.15, 0.2) is 0 Å². The summed E-state index contributed by atoms with van der Waals surface area (Å²) in [4.78, 5) is 0. The Morgan fingerprint density at radius 3 is 2.27 bits per heavy atom. The van der Waals surface area contributed by atoms with Crippen LogP contribution in [0.25, 0.3) is 0 Å². The van der Waals surface area contributed by atoms with Crippen LogP contribution in [0.2, 0.25) is 0 Å². The lowest BCUT2D eigenvalue weighted by Gasteiger charge is -2.24. The highest BCUT2D eigenvalue weighted by molar-refractivity contribution is 5.28. The van der Waals surface area contributed by atoms with E-state index >= 15 is 0 Å². The van der Waals surface area contributed by atoms with Crippen molar-refractivity contribution in [1.29, 1.82) is 0 Å². The van der Waals surface area contributed by atoms with Crippen LogP contribution >= 0.6 is 0 Å². The Balaban J connectivity index is 2.03. The van der Waals surface area contributed by atoms with Gasteiger partial charge >= 0.3 is 0 Å². The molecule has 1 saturated carbocycles. The number of nitrogens with one attached hydrogen (secondary N) is 1. The summed E-state index contributed by atoms with van der Waals surface area (Å²) in [5.41, 5.74) is 3.15. The van der Waals surface area contributed by atoms with Crippen LogP contribution in [0.15, 0.2) is 24.3 Å². The van der Waals surface area contributed by atoms with Crippen LogP contribution in [0.1, 0.15) is 43.7 Å². The summed E-state index contributed by atoms with van der Waals surface area (Å²) in [5, 5.41) is 3.34. The van der Waals surface area contributed by atoms with Crippen molar-refractivity contribution in [3.05, 3.63) is 35.4 Å².